The third kappa shape index (κ3) is 6.12. The van der Waals surface area contributed by atoms with E-state index in [4.69, 9.17) is 4.74 Å². The van der Waals surface area contributed by atoms with E-state index >= 15 is 0 Å². The van der Waals surface area contributed by atoms with Gasteiger partial charge >= 0.3 is 0 Å². The zero-order valence-corrected chi connectivity index (χ0v) is 18.1. The van der Waals surface area contributed by atoms with Crippen molar-refractivity contribution in [3.63, 3.8) is 0 Å². The number of methoxy groups -OCH3 is 1. The second kappa shape index (κ2) is 11.1. The smallest absolute Gasteiger partial charge is 0.226 e. The molecule has 4 nitrogen and oxygen atoms in total. The highest BCUT2D eigenvalue weighted by Gasteiger charge is 2.26. The zero-order valence-electron chi connectivity index (χ0n) is 18.1. The number of carbonyl (C=O) groups excluding carboxylic acids is 1. The standard InChI is InChI=1S/C25H36N2O2/c1-3-4-8-16-27(25(28)22-12-6-5-7-13-22)20-23-14-10-17-26(23)19-21-11-9-15-24(18-21)29-2/h9-11,14-15,17-18,22H,3-8,12-13,16,19-20H2,1-2H3. The summed E-state index contributed by atoms with van der Waals surface area (Å²) in [4.78, 5) is 15.4. The molecule has 0 aliphatic heterocycles. The van der Waals surface area contributed by atoms with E-state index < -0.39 is 0 Å². The monoisotopic (exact) mass is 396 g/mol. The molecule has 4 heteroatoms. The van der Waals surface area contributed by atoms with Crippen LogP contribution in [0.5, 0.6) is 5.75 Å². The first-order valence-corrected chi connectivity index (χ1v) is 11.3. The van der Waals surface area contributed by atoms with Gasteiger partial charge in [-0.15, -0.1) is 0 Å². The molecule has 2 aromatic rings. The molecule has 0 atom stereocenters. The van der Waals surface area contributed by atoms with E-state index in [0.29, 0.717) is 12.5 Å². The number of unbranched alkanes of at least 4 members (excludes halogenated alkanes) is 2. The number of ether oxygens (including phenoxy) is 1. The highest BCUT2D eigenvalue weighted by atomic mass is 16.5. The van der Waals surface area contributed by atoms with E-state index in [9.17, 15) is 4.79 Å². The summed E-state index contributed by atoms with van der Waals surface area (Å²) < 4.78 is 7.62. The van der Waals surface area contributed by atoms with Crippen LogP contribution in [0.1, 0.15) is 69.5 Å². The number of hydrogen-bond donors (Lipinski definition) is 0. The van der Waals surface area contributed by atoms with Crippen molar-refractivity contribution >= 4 is 5.91 Å². The molecule has 1 heterocycles. The third-order valence-electron chi connectivity index (χ3n) is 6.06. The summed E-state index contributed by atoms with van der Waals surface area (Å²) in [5.41, 5.74) is 2.41. The summed E-state index contributed by atoms with van der Waals surface area (Å²) in [6, 6.07) is 12.4. The lowest BCUT2D eigenvalue weighted by Gasteiger charge is -2.30. The normalized spacial score (nSPS) is 14.7. The molecule has 0 spiro atoms. The Morgan fingerprint density at radius 3 is 2.72 bits per heavy atom. The van der Waals surface area contributed by atoms with Crippen LogP contribution in [0.15, 0.2) is 42.6 Å². The van der Waals surface area contributed by atoms with Gasteiger partial charge in [0.15, 0.2) is 0 Å². The van der Waals surface area contributed by atoms with Crippen molar-refractivity contribution in [3.8, 4) is 5.75 Å². The number of hydrogen-bond acceptors (Lipinski definition) is 2. The Labute approximate surface area is 175 Å². The maximum Gasteiger partial charge on any atom is 0.226 e. The second-order valence-corrected chi connectivity index (χ2v) is 8.28. The van der Waals surface area contributed by atoms with Gasteiger partial charge in [0.1, 0.15) is 5.75 Å². The number of benzene rings is 1. The molecule has 1 aliphatic carbocycles. The van der Waals surface area contributed by atoms with Crippen LogP contribution in [0.4, 0.5) is 0 Å². The van der Waals surface area contributed by atoms with Crippen LogP contribution >= 0.6 is 0 Å². The maximum atomic E-state index is 13.3. The highest BCUT2D eigenvalue weighted by molar-refractivity contribution is 5.78. The van der Waals surface area contributed by atoms with Gasteiger partial charge in [-0.1, -0.05) is 51.2 Å². The van der Waals surface area contributed by atoms with Gasteiger partial charge in [-0.25, -0.2) is 0 Å². The molecule has 0 unspecified atom stereocenters. The van der Waals surface area contributed by atoms with Crippen molar-refractivity contribution in [2.24, 2.45) is 5.92 Å². The fourth-order valence-corrected chi connectivity index (χ4v) is 4.34. The van der Waals surface area contributed by atoms with E-state index in [2.05, 4.69) is 46.9 Å². The average Bonchev–Trinajstić information content (AvgIpc) is 3.20. The quantitative estimate of drug-likeness (QED) is 0.487. The van der Waals surface area contributed by atoms with Gasteiger partial charge in [-0.05, 0) is 49.1 Å². The fourth-order valence-electron chi connectivity index (χ4n) is 4.34. The molecular weight excluding hydrogens is 360 g/mol. The maximum absolute atomic E-state index is 13.3. The second-order valence-electron chi connectivity index (χ2n) is 8.28. The van der Waals surface area contributed by atoms with Crippen molar-refractivity contribution in [1.82, 2.24) is 9.47 Å². The molecule has 0 bridgehead atoms. The Hall–Kier alpha value is -2.23. The lowest BCUT2D eigenvalue weighted by molar-refractivity contribution is -0.137. The van der Waals surface area contributed by atoms with Crippen LogP contribution in [-0.2, 0) is 17.9 Å². The Morgan fingerprint density at radius 1 is 1.14 bits per heavy atom. The lowest BCUT2D eigenvalue weighted by Crippen LogP contribution is -2.37. The predicted octanol–water partition coefficient (Wildman–Crippen LogP) is 5.64. The Balaban J connectivity index is 1.71. The van der Waals surface area contributed by atoms with Gasteiger partial charge in [-0.2, -0.15) is 0 Å². The van der Waals surface area contributed by atoms with Crippen LogP contribution in [-0.4, -0.2) is 29.0 Å². The van der Waals surface area contributed by atoms with E-state index in [-0.39, 0.29) is 5.92 Å². The lowest BCUT2D eigenvalue weighted by atomic mass is 9.88. The molecule has 3 rings (SSSR count). The first-order valence-electron chi connectivity index (χ1n) is 11.3. The SMILES string of the molecule is CCCCCN(Cc1cccn1Cc1cccc(OC)c1)C(=O)C1CCCCC1. The van der Waals surface area contributed by atoms with E-state index in [1.807, 2.05) is 12.1 Å². The Morgan fingerprint density at radius 2 is 1.97 bits per heavy atom. The molecule has 1 fully saturated rings. The number of rotatable bonds is 10. The van der Waals surface area contributed by atoms with Crippen LogP contribution < -0.4 is 4.74 Å². The van der Waals surface area contributed by atoms with E-state index in [1.54, 1.807) is 7.11 Å². The molecular formula is C25H36N2O2. The molecule has 158 valence electrons. The van der Waals surface area contributed by atoms with Crippen LogP contribution in [0.3, 0.4) is 0 Å². The molecule has 1 amide bonds. The molecule has 1 saturated carbocycles. The van der Waals surface area contributed by atoms with Gasteiger partial charge < -0.3 is 14.2 Å². The number of aromatic nitrogens is 1. The van der Waals surface area contributed by atoms with Gasteiger partial charge in [0, 0.05) is 30.9 Å². The highest BCUT2D eigenvalue weighted by Crippen LogP contribution is 2.26. The predicted molar refractivity (Wildman–Crippen MR) is 118 cm³/mol. The van der Waals surface area contributed by atoms with Crippen LogP contribution in [0.25, 0.3) is 0 Å². The third-order valence-corrected chi connectivity index (χ3v) is 6.06. The summed E-state index contributed by atoms with van der Waals surface area (Å²) in [6.45, 7) is 4.58. The topological polar surface area (TPSA) is 34.5 Å². The van der Waals surface area contributed by atoms with Crippen molar-refractivity contribution in [2.75, 3.05) is 13.7 Å². The van der Waals surface area contributed by atoms with Gasteiger partial charge in [-0.3, -0.25) is 4.79 Å². The Kier molecular flexibility index (Phi) is 8.21. The summed E-state index contributed by atoms with van der Waals surface area (Å²) in [5, 5.41) is 0. The van der Waals surface area contributed by atoms with Gasteiger partial charge in [0.25, 0.3) is 0 Å². The molecule has 0 saturated heterocycles. The van der Waals surface area contributed by atoms with Crippen molar-refractivity contribution < 1.29 is 9.53 Å². The number of amides is 1. The summed E-state index contributed by atoms with van der Waals surface area (Å²) >= 11 is 0. The van der Waals surface area contributed by atoms with Gasteiger partial charge in [0.05, 0.1) is 13.7 Å². The summed E-state index contributed by atoms with van der Waals surface area (Å²) in [7, 11) is 1.70. The Bertz CT molecular complexity index is 762. The summed E-state index contributed by atoms with van der Waals surface area (Å²) in [5.74, 6) is 1.48. The van der Waals surface area contributed by atoms with Gasteiger partial charge in [0.2, 0.25) is 5.91 Å². The fraction of sp³-hybridized carbons (Fsp3) is 0.560. The van der Waals surface area contributed by atoms with Crippen molar-refractivity contribution in [2.45, 2.75) is 71.4 Å². The van der Waals surface area contributed by atoms with E-state index in [1.165, 1.54) is 43.4 Å². The number of carbonyl (C=O) groups is 1. The minimum absolute atomic E-state index is 0.229. The molecule has 0 N–H and O–H groups in total. The molecule has 1 aliphatic rings. The number of nitrogens with zero attached hydrogens (tertiary/aromatic N) is 2. The largest absolute Gasteiger partial charge is 0.497 e. The minimum atomic E-state index is 0.229. The van der Waals surface area contributed by atoms with E-state index in [0.717, 1.165) is 38.1 Å². The van der Waals surface area contributed by atoms with Crippen molar-refractivity contribution in [3.05, 3.63) is 53.9 Å². The molecule has 1 aromatic heterocycles. The van der Waals surface area contributed by atoms with Crippen LogP contribution in [0.2, 0.25) is 0 Å². The van der Waals surface area contributed by atoms with Crippen LogP contribution in [0, 0.1) is 5.92 Å². The zero-order chi connectivity index (χ0) is 20.5. The molecule has 0 radical (unpaired) electrons. The first kappa shape index (κ1) is 21.5. The van der Waals surface area contributed by atoms with Crippen molar-refractivity contribution in [1.29, 1.82) is 0 Å². The minimum Gasteiger partial charge on any atom is -0.497 e. The molecule has 1 aromatic carbocycles. The summed E-state index contributed by atoms with van der Waals surface area (Å²) in [6.07, 6.45) is 11.4. The molecule has 29 heavy (non-hydrogen) atoms. The first-order chi connectivity index (χ1) is 14.2. The average molecular weight is 397 g/mol.